The molecule has 1 heterocycles. The molecule has 2 rings (SSSR count). The van der Waals surface area contributed by atoms with Gasteiger partial charge in [0.25, 0.3) is 0 Å². The van der Waals surface area contributed by atoms with Crippen molar-refractivity contribution in [3.8, 4) is 0 Å². The highest BCUT2D eigenvalue weighted by Crippen LogP contribution is 2.42. The lowest BCUT2D eigenvalue weighted by Crippen LogP contribution is -2.52. The SMILES string of the molecule is CC(O)[C@H](NC(=O)N[C@@H](CC(N)=O)c1noc(C2(N)CC2O)n1)C(=O)O. The number of aliphatic carboxylic acids is 1. The number of carboxylic acid groups (broad SMARTS) is 1. The van der Waals surface area contributed by atoms with Gasteiger partial charge in [-0.15, -0.1) is 0 Å². The number of aliphatic hydroxyl groups is 2. The number of carbonyl (C=O) groups is 3. The van der Waals surface area contributed by atoms with Crippen LogP contribution in [0.5, 0.6) is 0 Å². The molecule has 5 atom stereocenters. The van der Waals surface area contributed by atoms with Crippen LogP contribution in [0.2, 0.25) is 0 Å². The maximum absolute atomic E-state index is 12.0. The molecule has 0 aromatic carbocycles. The van der Waals surface area contributed by atoms with Crippen LogP contribution in [0.4, 0.5) is 4.79 Å². The fraction of sp³-hybridized carbons (Fsp3) is 0.615. The predicted molar refractivity (Wildman–Crippen MR) is 82.1 cm³/mol. The number of amides is 3. The molecular formula is C13H20N6O7. The molecule has 1 aromatic heterocycles. The largest absolute Gasteiger partial charge is 0.480 e. The maximum atomic E-state index is 12.0. The number of rotatable bonds is 8. The number of hydrogen-bond donors (Lipinski definition) is 7. The van der Waals surface area contributed by atoms with Crippen molar-refractivity contribution in [1.82, 2.24) is 20.8 Å². The second-order valence-corrected chi connectivity index (χ2v) is 6.12. The predicted octanol–water partition coefficient (Wildman–Crippen LogP) is -2.96. The zero-order valence-electron chi connectivity index (χ0n) is 13.7. The van der Waals surface area contributed by atoms with Gasteiger partial charge in [0.15, 0.2) is 11.9 Å². The number of aliphatic hydroxyl groups excluding tert-OH is 2. The second-order valence-electron chi connectivity index (χ2n) is 6.12. The monoisotopic (exact) mass is 372 g/mol. The van der Waals surface area contributed by atoms with Crippen LogP contribution in [0, 0.1) is 0 Å². The summed E-state index contributed by atoms with van der Waals surface area (Å²) in [6.07, 6.45) is -2.39. The Morgan fingerprint density at radius 3 is 2.50 bits per heavy atom. The van der Waals surface area contributed by atoms with Crippen LogP contribution in [0.3, 0.4) is 0 Å². The molecule has 9 N–H and O–H groups in total. The molecule has 3 unspecified atom stereocenters. The van der Waals surface area contributed by atoms with Gasteiger partial charge in [0, 0.05) is 6.42 Å². The highest BCUT2D eigenvalue weighted by molar-refractivity contribution is 5.83. The Labute approximate surface area is 146 Å². The molecule has 1 aromatic rings. The van der Waals surface area contributed by atoms with E-state index in [2.05, 4.69) is 15.5 Å². The minimum Gasteiger partial charge on any atom is -0.480 e. The third kappa shape index (κ3) is 4.25. The van der Waals surface area contributed by atoms with Gasteiger partial charge in [0.2, 0.25) is 11.8 Å². The lowest BCUT2D eigenvalue weighted by atomic mass is 10.1. The summed E-state index contributed by atoms with van der Waals surface area (Å²) in [6.45, 7) is 1.19. The number of primary amides is 1. The normalized spacial score (nSPS) is 25.0. The van der Waals surface area contributed by atoms with E-state index in [0.29, 0.717) is 0 Å². The van der Waals surface area contributed by atoms with Crippen molar-refractivity contribution in [3.63, 3.8) is 0 Å². The van der Waals surface area contributed by atoms with Gasteiger partial charge in [-0.25, -0.2) is 9.59 Å². The molecule has 13 nitrogen and oxygen atoms in total. The topological polar surface area (TPSA) is 227 Å². The number of nitrogens with zero attached hydrogens (tertiary/aromatic N) is 2. The van der Waals surface area contributed by atoms with Gasteiger partial charge >= 0.3 is 12.0 Å². The summed E-state index contributed by atoms with van der Waals surface area (Å²) in [5.41, 5.74) is 9.79. The fourth-order valence-electron chi connectivity index (χ4n) is 2.19. The Hall–Kier alpha value is -2.77. The van der Waals surface area contributed by atoms with Gasteiger partial charge in [-0.2, -0.15) is 4.98 Å². The van der Waals surface area contributed by atoms with Crippen molar-refractivity contribution < 1.29 is 34.2 Å². The van der Waals surface area contributed by atoms with Crippen molar-refractivity contribution in [2.24, 2.45) is 11.5 Å². The molecule has 0 saturated heterocycles. The number of nitrogens with two attached hydrogens (primary N) is 2. The van der Waals surface area contributed by atoms with Crippen molar-refractivity contribution in [1.29, 1.82) is 0 Å². The molecule has 3 amide bonds. The minimum absolute atomic E-state index is 0.0657. The summed E-state index contributed by atoms with van der Waals surface area (Å²) in [4.78, 5) is 38.2. The number of urea groups is 1. The molecule has 13 heteroatoms. The molecular weight excluding hydrogens is 352 g/mol. The van der Waals surface area contributed by atoms with Crippen LogP contribution in [-0.2, 0) is 15.1 Å². The highest BCUT2D eigenvalue weighted by atomic mass is 16.5. The van der Waals surface area contributed by atoms with E-state index in [1.807, 2.05) is 5.32 Å². The Balaban J connectivity index is 2.11. The average Bonchev–Trinajstić information content (AvgIpc) is 2.95. The summed E-state index contributed by atoms with van der Waals surface area (Å²) in [5, 5.41) is 35.8. The fourth-order valence-corrected chi connectivity index (χ4v) is 2.19. The molecule has 1 aliphatic rings. The molecule has 26 heavy (non-hydrogen) atoms. The van der Waals surface area contributed by atoms with Gasteiger partial charge < -0.3 is 41.9 Å². The lowest BCUT2D eigenvalue weighted by molar-refractivity contribution is -0.141. The van der Waals surface area contributed by atoms with Crippen molar-refractivity contribution >= 4 is 17.9 Å². The Kier molecular flexibility index (Phi) is 5.44. The van der Waals surface area contributed by atoms with E-state index in [4.69, 9.17) is 21.1 Å². The summed E-state index contributed by atoms with van der Waals surface area (Å²) >= 11 is 0. The van der Waals surface area contributed by atoms with E-state index in [1.165, 1.54) is 6.92 Å². The van der Waals surface area contributed by atoms with Crippen molar-refractivity contribution in [3.05, 3.63) is 11.7 Å². The molecule has 0 spiro atoms. The van der Waals surface area contributed by atoms with E-state index in [1.54, 1.807) is 0 Å². The first-order chi connectivity index (χ1) is 12.0. The van der Waals surface area contributed by atoms with Gasteiger partial charge in [-0.1, -0.05) is 5.16 Å². The number of nitrogens with one attached hydrogen (secondary N) is 2. The van der Waals surface area contributed by atoms with Gasteiger partial charge in [-0.05, 0) is 6.92 Å². The first-order valence-corrected chi connectivity index (χ1v) is 7.61. The molecule has 1 fully saturated rings. The summed E-state index contributed by atoms with van der Waals surface area (Å²) in [5.74, 6) is -2.43. The lowest BCUT2D eigenvalue weighted by Gasteiger charge is -2.20. The van der Waals surface area contributed by atoms with E-state index in [-0.39, 0.29) is 18.1 Å². The van der Waals surface area contributed by atoms with E-state index >= 15 is 0 Å². The molecule has 1 aliphatic carbocycles. The summed E-state index contributed by atoms with van der Waals surface area (Å²) in [6, 6.07) is -3.70. The second kappa shape index (κ2) is 7.23. The molecule has 0 bridgehead atoms. The van der Waals surface area contributed by atoms with Crippen molar-refractivity contribution in [2.45, 2.75) is 49.6 Å². The third-order valence-electron chi connectivity index (χ3n) is 3.86. The van der Waals surface area contributed by atoms with Gasteiger partial charge in [-0.3, -0.25) is 4.79 Å². The van der Waals surface area contributed by atoms with Crippen molar-refractivity contribution in [2.75, 3.05) is 0 Å². The first-order valence-electron chi connectivity index (χ1n) is 7.61. The number of aromatic nitrogens is 2. The number of carbonyl (C=O) groups excluding carboxylic acids is 2. The summed E-state index contributed by atoms with van der Waals surface area (Å²) < 4.78 is 4.96. The maximum Gasteiger partial charge on any atom is 0.328 e. The smallest absolute Gasteiger partial charge is 0.328 e. The first kappa shape index (κ1) is 19.6. The van der Waals surface area contributed by atoms with E-state index in [0.717, 1.165) is 0 Å². The molecule has 0 radical (unpaired) electrons. The standard InChI is InChI=1S/C13H20N6O7/c1-4(20)8(10(23)24)17-12(25)16-5(2-7(14)22)9-18-11(26-19-9)13(15)3-6(13)21/h4-6,8,20-21H,2-3,15H2,1H3,(H2,14,22)(H,23,24)(H2,16,17,25)/t4?,5-,6?,8-,13?/m0/s1. The van der Waals surface area contributed by atoms with Crippen LogP contribution in [0.25, 0.3) is 0 Å². The zero-order chi connectivity index (χ0) is 19.6. The van der Waals surface area contributed by atoms with Crippen LogP contribution in [0.1, 0.15) is 37.5 Å². The molecule has 144 valence electrons. The van der Waals surface area contributed by atoms with E-state index < -0.39 is 54.2 Å². The number of carboxylic acids is 1. The quantitative estimate of drug-likeness (QED) is 0.245. The molecule has 0 aliphatic heterocycles. The Bertz CT molecular complexity index is 707. The average molecular weight is 372 g/mol. The third-order valence-corrected chi connectivity index (χ3v) is 3.86. The Morgan fingerprint density at radius 2 is 2.04 bits per heavy atom. The van der Waals surface area contributed by atoms with Gasteiger partial charge in [0.1, 0.15) is 11.6 Å². The van der Waals surface area contributed by atoms with Crippen LogP contribution in [-0.4, -0.2) is 61.6 Å². The van der Waals surface area contributed by atoms with E-state index in [9.17, 15) is 24.6 Å². The van der Waals surface area contributed by atoms with Crippen LogP contribution < -0.4 is 22.1 Å². The van der Waals surface area contributed by atoms with Gasteiger partial charge in [0.05, 0.1) is 18.6 Å². The number of hydrogen-bond acceptors (Lipinski definition) is 9. The van der Waals surface area contributed by atoms with Crippen LogP contribution in [0.15, 0.2) is 4.52 Å². The minimum atomic E-state index is -1.57. The Morgan fingerprint density at radius 1 is 1.42 bits per heavy atom. The molecule has 1 saturated carbocycles. The summed E-state index contributed by atoms with van der Waals surface area (Å²) in [7, 11) is 0. The van der Waals surface area contributed by atoms with Crippen LogP contribution >= 0.6 is 0 Å². The highest BCUT2D eigenvalue weighted by Gasteiger charge is 2.56. The zero-order valence-corrected chi connectivity index (χ0v) is 13.7.